The van der Waals surface area contributed by atoms with Crippen molar-refractivity contribution in [2.75, 3.05) is 45.2 Å². The van der Waals surface area contributed by atoms with E-state index in [0.29, 0.717) is 16.6 Å². The Morgan fingerprint density at radius 1 is 1.06 bits per heavy atom. The summed E-state index contributed by atoms with van der Waals surface area (Å²) in [7, 11) is 3.60. The molecule has 0 bridgehead atoms. The number of nitrogens with zero attached hydrogens (tertiary/aromatic N) is 5. The maximum Gasteiger partial charge on any atom is 0.416 e. The van der Waals surface area contributed by atoms with Gasteiger partial charge in [0.1, 0.15) is 5.65 Å². The van der Waals surface area contributed by atoms with Crippen molar-refractivity contribution < 1.29 is 18.0 Å². The van der Waals surface area contributed by atoms with E-state index in [2.05, 4.69) is 32.1 Å². The summed E-state index contributed by atoms with van der Waals surface area (Å²) in [6, 6.07) is 7.05. The molecule has 7 nitrogen and oxygen atoms in total. The summed E-state index contributed by atoms with van der Waals surface area (Å²) in [6.07, 6.45) is -1.86. The van der Waals surface area contributed by atoms with Crippen LogP contribution in [0.2, 0.25) is 0 Å². The summed E-state index contributed by atoms with van der Waals surface area (Å²) in [6.45, 7) is 3.50. The molecular formula is C23H23F3N6O. The van der Waals surface area contributed by atoms with Gasteiger partial charge in [-0.05, 0) is 50.3 Å². The van der Waals surface area contributed by atoms with Gasteiger partial charge in [-0.25, -0.2) is 9.97 Å². The summed E-state index contributed by atoms with van der Waals surface area (Å²) < 4.78 is 41.9. The van der Waals surface area contributed by atoms with Gasteiger partial charge in [0.2, 0.25) is 0 Å². The number of nitrogens with one attached hydrogen (secondary N) is 1. The SMILES string of the molecule is CNC(=O)c1cc2c(N3CCCN(C)CC3)ccnc2n2c1nc1ccc(C(F)(F)F)cc12. The van der Waals surface area contributed by atoms with Gasteiger partial charge in [-0.2, -0.15) is 13.2 Å². The molecule has 1 aliphatic heterocycles. The summed E-state index contributed by atoms with van der Waals surface area (Å²) >= 11 is 0. The molecule has 0 unspecified atom stereocenters. The molecule has 10 heteroatoms. The molecule has 1 aromatic carbocycles. The number of imidazole rings is 1. The Bertz CT molecular complexity index is 1380. The first-order valence-corrected chi connectivity index (χ1v) is 10.7. The van der Waals surface area contributed by atoms with Crippen molar-refractivity contribution in [3.05, 3.63) is 47.7 Å². The molecule has 0 atom stereocenters. The van der Waals surface area contributed by atoms with Gasteiger partial charge in [-0.15, -0.1) is 0 Å². The number of fused-ring (bicyclic) bond motifs is 5. The van der Waals surface area contributed by atoms with Crippen LogP contribution in [0.25, 0.3) is 27.7 Å². The van der Waals surface area contributed by atoms with E-state index >= 15 is 0 Å². The van der Waals surface area contributed by atoms with Gasteiger partial charge in [0.05, 0.1) is 22.2 Å². The van der Waals surface area contributed by atoms with Crippen LogP contribution >= 0.6 is 0 Å². The molecule has 4 aromatic rings. The predicted octanol–water partition coefficient (Wildman–Crippen LogP) is 3.56. The van der Waals surface area contributed by atoms with E-state index in [1.165, 1.54) is 13.1 Å². The average Bonchev–Trinajstić information content (AvgIpc) is 3.05. The fourth-order valence-electron chi connectivity index (χ4n) is 4.49. The highest BCUT2D eigenvalue weighted by molar-refractivity contribution is 6.07. The number of halogens is 3. The Hall–Kier alpha value is -3.40. The molecule has 5 rings (SSSR count). The van der Waals surface area contributed by atoms with Gasteiger partial charge in [-0.1, -0.05) is 0 Å². The van der Waals surface area contributed by atoms with Gasteiger partial charge in [-0.3, -0.25) is 9.20 Å². The number of benzene rings is 1. The topological polar surface area (TPSA) is 65.8 Å². The second-order valence-electron chi connectivity index (χ2n) is 8.32. The van der Waals surface area contributed by atoms with E-state index in [1.54, 1.807) is 16.7 Å². The Morgan fingerprint density at radius 2 is 1.88 bits per heavy atom. The third-order valence-electron chi connectivity index (χ3n) is 6.20. The normalized spacial score (nSPS) is 16.0. The predicted molar refractivity (Wildman–Crippen MR) is 121 cm³/mol. The van der Waals surface area contributed by atoms with E-state index in [0.717, 1.165) is 50.4 Å². The molecule has 1 aliphatic rings. The lowest BCUT2D eigenvalue weighted by molar-refractivity contribution is -0.137. The molecule has 0 radical (unpaired) electrons. The fourth-order valence-corrected chi connectivity index (χ4v) is 4.49. The monoisotopic (exact) mass is 456 g/mol. The lowest BCUT2D eigenvalue weighted by Crippen LogP contribution is -2.29. The van der Waals surface area contributed by atoms with Crippen molar-refractivity contribution in [1.82, 2.24) is 24.6 Å². The summed E-state index contributed by atoms with van der Waals surface area (Å²) in [5.41, 5.74) is 1.78. The zero-order chi connectivity index (χ0) is 23.3. The highest BCUT2D eigenvalue weighted by Crippen LogP contribution is 2.35. The third-order valence-corrected chi connectivity index (χ3v) is 6.20. The number of alkyl halides is 3. The Morgan fingerprint density at radius 3 is 2.64 bits per heavy atom. The zero-order valence-corrected chi connectivity index (χ0v) is 18.3. The van der Waals surface area contributed by atoms with E-state index in [9.17, 15) is 18.0 Å². The van der Waals surface area contributed by atoms with Crippen molar-refractivity contribution in [2.24, 2.45) is 0 Å². The van der Waals surface area contributed by atoms with Gasteiger partial charge >= 0.3 is 6.18 Å². The number of rotatable bonds is 2. The minimum absolute atomic E-state index is 0.260. The number of aromatic nitrogens is 3. The minimum Gasteiger partial charge on any atom is -0.370 e. The van der Waals surface area contributed by atoms with Crippen LogP contribution in [-0.2, 0) is 6.18 Å². The van der Waals surface area contributed by atoms with E-state index in [4.69, 9.17) is 0 Å². The summed E-state index contributed by atoms with van der Waals surface area (Å²) in [5.74, 6) is -0.362. The molecule has 33 heavy (non-hydrogen) atoms. The van der Waals surface area contributed by atoms with Crippen LogP contribution < -0.4 is 10.2 Å². The molecule has 0 spiro atoms. The smallest absolute Gasteiger partial charge is 0.370 e. The Labute approximate surface area is 187 Å². The van der Waals surface area contributed by atoms with Crippen molar-refractivity contribution in [1.29, 1.82) is 0 Å². The van der Waals surface area contributed by atoms with E-state index in [-0.39, 0.29) is 22.6 Å². The Balaban J connectivity index is 1.84. The van der Waals surface area contributed by atoms with Crippen molar-refractivity contribution in [3.8, 4) is 0 Å². The molecular weight excluding hydrogens is 433 g/mol. The third kappa shape index (κ3) is 3.64. The molecule has 3 aromatic heterocycles. The molecule has 1 N–H and O–H groups in total. The number of anilines is 1. The molecule has 0 aliphatic carbocycles. The maximum absolute atomic E-state index is 13.5. The lowest BCUT2D eigenvalue weighted by atomic mass is 10.1. The largest absolute Gasteiger partial charge is 0.416 e. The first-order chi connectivity index (χ1) is 15.8. The average molecular weight is 456 g/mol. The van der Waals surface area contributed by atoms with Crippen LogP contribution in [0.1, 0.15) is 22.3 Å². The van der Waals surface area contributed by atoms with Crippen molar-refractivity contribution in [2.45, 2.75) is 12.6 Å². The number of likely N-dealkylation sites (N-methyl/N-ethyl adjacent to an activating group) is 1. The van der Waals surface area contributed by atoms with Gasteiger partial charge in [0.15, 0.2) is 5.65 Å². The molecule has 172 valence electrons. The van der Waals surface area contributed by atoms with Gasteiger partial charge in [0.25, 0.3) is 5.91 Å². The molecule has 1 amide bonds. The van der Waals surface area contributed by atoms with Crippen LogP contribution in [0.5, 0.6) is 0 Å². The van der Waals surface area contributed by atoms with Crippen molar-refractivity contribution >= 4 is 39.3 Å². The standard InChI is InChI=1S/C23H23F3N6O/c1-27-22(33)16-13-15-18(31-9-3-8-30(2)10-11-31)6-7-28-20(15)32-19-12-14(23(24,25)26)4-5-17(19)29-21(16)32/h4-7,12-13H,3,8-11H2,1-2H3,(H,27,33). The minimum atomic E-state index is -4.50. The van der Waals surface area contributed by atoms with Crippen LogP contribution in [-0.4, -0.2) is 65.5 Å². The number of carbonyl (C=O) groups is 1. The lowest BCUT2D eigenvalue weighted by Gasteiger charge is -2.24. The molecule has 0 saturated carbocycles. The highest BCUT2D eigenvalue weighted by atomic mass is 19.4. The Kier molecular flexibility index (Phi) is 5.12. The second-order valence-corrected chi connectivity index (χ2v) is 8.32. The number of hydrogen-bond donors (Lipinski definition) is 1. The molecule has 1 saturated heterocycles. The number of carbonyl (C=O) groups excluding carboxylic acids is 1. The molecule has 4 heterocycles. The zero-order valence-electron chi connectivity index (χ0n) is 18.3. The number of hydrogen-bond acceptors (Lipinski definition) is 5. The van der Waals surface area contributed by atoms with Gasteiger partial charge < -0.3 is 15.1 Å². The molecule has 1 fully saturated rings. The van der Waals surface area contributed by atoms with Gasteiger partial charge in [0, 0.05) is 44.0 Å². The van der Waals surface area contributed by atoms with Crippen LogP contribution in [0, 0.1) is 0 Å². The first-order valence-electron chi connectivity index (χ1n) is 10.7. The summed E-state index contributed by atoms with van der Waals surface area (Å²) in [5, 5.41) is 3.32. The van der Waals surface area contributed by atoms with Crippen LogP contribution in [0.4, 0.5) is 18.9 Å². The van der Waals surface area contributed by atoms with Crippen LogP contribution in [0.3, 0.4) is 0 Å². The quantitative estimate of drug-likeness (QED) is 0.500. The van der Waals surface area contributed by atoms with E-state index < -0.39 is 11.7 Å². The maximum atomic E-state index is 13.5. The van der Waals surface area contributed by atoms with Crippen molar-refractivity contribution in [3.63, 3.8) is 0 Å². The number of amides is 1. The highest BCUT2D eigenvalue weighted by Gasteiger charge is 2.31. The first kappa shape index (κ1) is 21.4. The fraction of sp³-hybridized carbons (Fsp3) is 0.348. The van der Waals surface area contributed by atoms with Crippen LogP contribution in [0.15, 0.2) is 36.5 Å². The van der Waals surface area contributed by atoms with E-state index in [1.807, 2.05) is 6.07 Å². The second kappa shape index (κ2) is 7.87. The number of pyridine rings is 2. The summed E-state index contributed by atoms with van der Waals surface area (Å²) in [4.78, 5) is 26.3.